The number of methoxy groups -OCH3 is 1. The van der Waals surface area contributed by atoms with E-state index in [0.717, 1.165) is 22.3 Å². The maximum atomic E-state index is 13.5. The second kappa shape index (κ2) is 8.98. The maximum absolute atomic E-state index is 13.5. The van der Waals surface area contributed by atoms with Gasteiger partial charge in [-0.1, -0.05) is 42.5 Å². The van der Waals surface area contributed by atoms with Crippen LogP contribution >= 0.6 is 0 Å². The first kappa shape index (κ1) is 25.2. The summed E-state index contributed by atoms with van der Waals surface area (Å²) < 4.78 is 85.9. The fraction of sp³-hybridized carbons (Fsp3) is 0.200. The van der Waals surface area contributed by atoms with Gasteiger partial charge in [-0.3, -0.25) is 9.36 Å². The van der Waals surface area contributed by atoms with Gasteiger partial charge in [-0.05, 0) is 35.9 Å². The standard InChI is InChI=1S/C25H18F6N2O3/c1-36-18-11-12-20-19(14-18)22(34)33(21(32-20)13-15-5-3-2-4-6-15)17-9-7-16(8-10-17)23(35,24(26,27)28)25(29,30)31/h2-12,14,35H,13H2,1H3. The largest absolute Gasteiger partial charge is 0.497 e. The van der Waals surface area contributed by atoms with E-state index in [9.17, 15) is 36.2 Å². The minimum Gasteiger partial charge on any atom is -0.497 e. The first-order chi connectivity index (χ1) is 16.9. The number of halogens is 6. The van der Waals surface area contributed by atoms with Gasteiger partial charge in [-0.15, -0.1) is 0 Å². The molecule has 4 rings (SSSR count). The van der Waals surface area contributed by atoms with Crippen LogP contribution in [-0.2, 0) is 12.0 Å². The van der Waals surface area contributed by atoms with Gasteiger partial charge in [0.1, 0.15) is 11.6 Å². The molecule has 1 N–H and O–H groups in total. The third-order valence-electron chi connectivity index (χ3n) is 5.71. The van der Waals surface area contributed by atoms with Crippen LogP contribution in [0.4, 0.5) is 26.3 Å². The van der Waals surface area contributed by atoms with Crippen molar-refractivity contribution in [2.45, 2.75) is 24.4 Å². The molecule has 0 saturated carbocycles. The molecule has 36 heavy (non-hydrogen) atoms. The highest BCUT2D eigenvalue weighted by Gasteiger charge is 2.71. The smallest absolute Gasteiger partial charge is 0.430 e. The zero-order valence-corrected chi connectivity index (χ0v) is 18.6. The lowest BCUT2D eigenvalue weighted by Crippen LogP contribution is -2.53. The van der Waals surface area contributed by atoms with E-state index in [1.54, 1.807) is 42.5 Å². The minimum atomic E-state index is -6.02. The summed E-state index contributed by atoms with van der Waals surface area (Å²) in [4.78, 5) is 18.0. The van der Waals surface area contributed by atoms with Gasteiger partial charge in [-0.25, -0.2) is 4.98 Å². The Morgan fingerprint density at radius 1 is 0.889 bits per heavy atom. The highest BCUT2D eigenvalue weighted by Crippen LogP contribution is 2.50. The van der Waals surface area contributed by atoms with E-state index >= 15 is 0 Å². The fourth-order valence-corrected chi connectivity index (χ4v) is 3.84. The Morgan fingerprint density at radius 3 is 2.06 bits per heavy atom. The van der Waals surface area contributed by atoms with Crippen LogP contribution in [0.15, 0.2) is 77.6 Å². The third kappa shape index (κ3) is 4.30. The molecule has 3 aromatic carbocycles. The summed E-state index contributed by atoms with van der Waals surface area (Å²) in [7, 11) is 1.40. The molecule has 1 aromatic heterocycles. The average Bonchev–Trinajstić information content (AvgIpc) is 2.83. The molecule has 0 aliphatic carbocycles. The highest BCUT2D eigenvalue weighted by molar-refractivity contribution is 5.79. The monoisotopic (exact) mass is 508 g/mol. The van der Waals surface area contributed by atoms with Crippen molar-refractivity contribution < 1.29 is 36.2 Å². The Bertz CT molecular complexity index is 1430. The normalized spacial score (nSPS) is 12.7. The molecule has 188 valence electrons. The maximum Gasteiger partial charge on any atom is 0.430 e. The Kier molecular flexibility index (Phi) is 6.29. The van der Waals surface area contributed by atoms with Gasteiger partial charge in [0.25, 0.3) is 11.2 Å². The fourth-order valence-electron chi connectivity index (χ4n) is 3.84. The van der Waals surface area contributed by atoms with Crippen molar-refractivity contribution in [2.24, 2.45) is 0 Å². The molecule has 0 unspecified atom stereocenters. The predicted molar refractivity (Wildman–Crippen MR) is 119 cm³/mol. The predicted octanol–water partition coefficient (Wildman–Crippen LogP) is 5.30. The van der Waals surface area contributed by atoms with E-state index < -0.39 is 29.1 Å². The van der Waals surface area contributed by atoms with E-state index in [1.165, 1.54) is 13.2 Å². The Balaban J connectivity index is 1.92. The number of alkyl halides is 6. The van der Waals surface area contributed by atoms with Crippen LogP contribution in [0.2, 0.25) is 0 Å². The number of hydrogen-bond acceptors (Lipinski definition) is 4. The van der Waals surface area contributed by atoms with Crippen molar-refractivity contribution in [3.8, 4) is 11.4 Å². The molecule has 0 amide bonds. The van der Waals surface area contributed by atoms with Crippen LogP contribution in [-0.4, -0.2) is 34.1 Å². The lowest BCUT2D eigenvalue weighted by Gasteiger charge is -2.32. The molecule has 0 atom stereocenters. The molecule has 0 spiro atoms. The van der Waals surface area contributed by atoms with Gasteiger partial charge in [0, 0.05) is 12.0 Å². The summed E-state index contributed by atoms with van der Waals surface area (Å²) in [5.41, 5.74) is -6.03. The highest BCUT2D eigenvalue weighted by atomic mass is 19.4. The van der Waals surface area contributed by atoms with E-state index in [2.05, 4.69) is 4.98 Å². The van der Waals surface area contributed by atoms with Gasteiger partial charge in [0.15, 0.2) is 0 Å². The zero-order chi connectivity index (χ0) is 26.3. The second-order valence-electron chi connectivity index (χ2n) is 7.97. The van der Waals surface area contributed by atoms with Crippen LogP contribution < -0.4 is 10.3 Å². The summed E-state index contributed by atoms with van der Waals surface area (Å²) >= 11 is 0. The van der Waals surface area contributed by atoms with Gasteiger partial charge in [0.2, 0.25) is 0 Å². The number of ether oxygens (including phenoxy) is 1. The Hall–Kier alpha value is -3.86. The van der Waals surface area contributed by atoms with Crippen LogP contribution in [0, 0.1) is 0 Å². The lowest BCUT2D eigenvalue weighted by atomic mass is 9.92. The van der Waals surface area contributed by atoms with Gasteiger partial charge in [0.05, 0.1) is 23.7 Å². The summed E-state index contributed by atoms with van der Waals surface area (Å²) in [6.07, 6.45) is -11.9. The van der Waals surface area contributed by atoms with E-state index in [-0.39, 0.29) is 23.3 Å². The van der Waals surface area contributed by atoms with Gasteiger partial charge in [-0.2, -0.15) is 26.3 Å². The van der Waals surface area contributed by atoms with Crippen molar-refractivity contribution in [2.75, 3.05) is 7.11 Å². The second-order valence-corrected chi connectivity index (χ2v) is 7.97. The van der Waals surface area contributed by atoms with Crippen molar-refractivity contribution >= 4 is 10.9 Å². The molecule has 0 aliphatic heterocycles. The summed E-state index contributed by atoms with van der Waals surface area (Å²) in [5, 5.41) is 9.81. The SMILES string of the molecule is COc1ccc2nc(Cc3ccccc3)n(-c3ccc(C(O)(C(F)(F)F)C(F)(F)F)cc3)c(=O)c2c1. The summed E-state index contributed by atoms with van der Waals surface area (Å²) in [6, 6.07) is 16.3. The van der Waals surface area contributed by atoms with E-state index in [1.807, 2.05) is 0 Å². The summed E-state index contributed by atoms with van der Waals surface area (Å²) in [6.45, 7) is 0. The molecule has 5 nitrogen and oxygen atoms in total. The van der Waals surface area contributed by atoms with Gasteiger partial charge >= 0.3 is 12.4 Å². The molecule has 0 radical (unpaired) electrons. The van der Waals surface area contributed by atoms with Crippen LogP contribution in [0.25, 0.3) is 16.6 Å². The first-order valence-electron chi connectivity index (χ1n) is 10.5. The molecule has 0 saturated heterocycles. The molecule has 1 heterocycles. The van der Waals surface area contributed by atoms with Crippen LogP contribution in [0.3, 0.4) is 0 Å². The quantitative estimate of drug-likeness (QED) is 0.372. The molecular weight excluding hydrogens is 490 g/mol. The average molecular weight is 508 g/mol. The first-order valence-corrected chi connectivity index (χ1v) is 10.5. The Morgan fingerprint density at radius 2 is 1.50 bits per heavy atom. The number of rotatable bonds is 5. The molecule has 4 aromatic rings. The molecule has 11 heteroatoms. The van der Waals surface area contributed by atoms with E-state index in [4.69, 9.17) is 4.74 Å². The molecule has 0 aliphatic rings. The lowest BCUT2D eigenvalue weighted by molar-refractivity contribution is -0.376. The zero-order valence-electron chi connectivity index (χ0n) is 18.6. The number of nitrogens with zero attached hydrogens (tertiary/aromatic N) is 2. The van der Waals surface area contributed by atoms with Crippen molar-refractivity contribution in [3.05, 3.63) is 100 Å². The van der Waals surface area contributed by atoms with Crippen molar-refractivity contribution in [3.63, 3.8) is 0 Å². The molecule has 0 fully saturated rings. The minimum absolute atomic E-state index is 0.0291. The number of aliphatic hydroxyl groups is 1. The number of benzene rings is 3. The van der Waals surface area contributed by atoms with Crippen LogP contribution in [0.1, 0.15) is 17.0 Å². The van der Waals surface area contributed by atoms with Crippen molar-refractivity contribution in [1.29, 1.82) is 0 Å². The van der Waals surface area contributed by atoms with E-state index in [0.29, 0.717) is 23.4 Å². The molecular formula is C25H18F6N2O3. The summed E-state index contributed by atoms with van der Waals surface area (Å²) in [5.74, 6) is 0.568. The van der Waals surface area contributed by atoms with Crippen molar-refractivity contribution in [1.82, 2.24) is 9.55 Å². The Labute approximate surface area is 200 Å². The van der Waals surface area contributed by atoms with Gasteiger partial charge < -0.3 is 9.84 Å². The number of hydrogen-bond donors (Lipinski definition) is 1. The topological polar surface area (TPSA) is 64.3 Å². The van der Waals surface area contributed by atoms with Crippen LogP contribution in [0.5, 0.6) is 5.75 Å². The number of fused-ring (bicyclic) bond motifs is 1. The number of aromatic nitrogens is 2. The third-order valence-corrected chi connectivity index (χ3v) is 5.71. The molecule has 0 bridgehead atoms.